The molecule has 3 aliphatic rings. The molecular formula is C21H29N3O3. The van der Waals surface area contributed by atoms with E-state index in [-0.39, 0.29) is 23.9 Å². The van der Waals surface area contributed by atoms with Crippen LogP contribution in [-0.2, 0) is 4.79 Å². The van der Waals surface area contributed by atoms with Crippen LogP contribution in [0, 0.1) is 11.8 Å². The van der Waals surface area contributed by atoms with Crippen molar-refractivity contribution in [2.24, 2.45) is 17.6 Å². The van der Waals surface area contributed by atoms with Crippen molar-refractivity contribution in [1.29, 1.82) is 0 Å². The van der Waals surface area contributed by atoms with E-state index < -0.39 is 0 Å². The molecule has 2 N–H and O–H groups in total. The summed E-state index contributed by atoms with van der Waals surface area (Å²) in [6, 6.07) is 7.15. The number of hydrogen-bond acceptors (Lipinski definition) is 4. The topological polar surface area (TPSA) is 75.9 Å². The number of para-hydroxylation sites is 1. The fourth-order valence-electron chi connectivity index (χ4n) is 5.04. The van der Waals surface area contributed by atoms with Crippen LogP contribution in [0.15, 0.2) is 24.3 Å². The van der Waals surface area contributed by atoms with E-state index in [9.17, 15) is 9.59 Å². The minimum Gasteiger partial charge on any atom is -0.493 e. The summed E-state index contributed by atoms with van der Waals surface area (Å²) in [7, 11) is 0. The van der Waals surface area contributed by atoms with Gasteiger partial charge in [-0.3, -0.25) is 9.59 Å². The number of carbonyl (C=O) groups excluding carboxylic acids is 2. The number of carbonyl (C=O) groups is 2. The molecule has 27 heavy (non-hydrogen) atoms. The third-order valence-electron chi connectivity index (χ3n) is 6.44. The van der Waals surface area contributed by atoms with Crippen LogP contribution in [0.1, 0.15) is 43.0 Å². The average Bonchev–Trinajstić information content (AvgIpc) is 3.39. The second-order valence-corrected chi connectivity index (χ2v) is 7.99. The van der Waals surface area contributed by atoms with E-state index >= 15 is 0 Å². The van der Waals surface area contributed by atoms with Gasteiger partial charge in [0.15, 0.2) is 0 Å². The van der Waals surface area contributed by atoms with Crippen LogP contribution in [-0.4, -0.2) is 59.9 Å². The average molecular weight is 371 g/mol. The Labute approximate surface area is 160 Å². The van der Waals surface area contributed by atoms with E-state index in [0.29, 0.717) is 36.3 Å². The largest absolute Gasteiger partial charge is 0.493 e. The maximum Gasteiger partial charge on any atom is 0.258 e. The van der Waals surface area contributed by atoms with Crippen molar-refractivity contribution in [2.75, 3.05) is 26.2 Å². The Kier molecular flexibility index (Phi) is 5.08. The molecule has 2 saturated heterocycles. The summed E-state index contributed by atoms with van der Waals surface area (Å²) in [4.78, 5) is 30.1. The van der Waals surface area contributed by atoms with E-state index in [1.165, 1.54) is 0 Å². The molecular weight excluding hydrogens is 342 g/mol. The van der Waals surface area contributed by atoms with Gasteiger partial charge in [-0.1, -0.05) is 12.1 Å². The van der Waals surface area contributed by atoms with Crippen LogP contribution in [0.2, 0.25) is 0 Å². The highest BCUT2D eigenvalue weighted by Gasteiger charge is 2.45. The number of benzene rings is 1. The highest BCUT2D eigenvalue weighted by Crippen LogP contribution is 2.38. The van der Waals surface area contributed by atoms with Gasteiger partial charge in [0.25, 0.3) is 5.91 Å². The summed E-state index contributed by atoms with van der Waals surface area (Å²) in [6.07, 6.45) is 3.78. The van der Waals surface area contributed by atoms with Crippen molar-refractivity contribution in [2.45, 2.75) is 44.7 Å². The number of hydrogen-bond donors (Lipinski definition) is 1. The van der Waals surface area contributed by atoms with Gasteiger partial charge in [-0.15, -0.1) is 0 Å². The van der Waals surface area contributed by atoms with Gasteiger partial charge in [0.05, 0.1) is 12.2 Å². The van der Waals surface area contributed by atoms with Crippen LogP contribution < -0.4 is 10.5 Å². The van der Waals surface area contributed by atoms with Crippen molar-refractivity contribution in [3.8, 4) is 5.75 Å². The van der Waals surface area contributed by atoms with Crippen LogP contribution in [0.3, 0.4) is 0 Å². The number of nitrogens with two attached hydrogens (primary N) is 1. The molecule has 1 aromatic carbocycles. The monoisotopic (exact) mass is 371 g/mol. The van der Waals surface area contributed by atoms with Gasteiger partial charge in [0, 0.05) is 25.7 Å². The Balaban J connectivity index is 1.49. The molecule has 0 radical (unpaired) electrons. The number of amides is 2. The number of fused-ring (bicyclic) bond motifs is 1. The van der Waals surface area contributed by atoms with E-state index in [1.807, 2.05) is 30.0 Å². The van der Waals surface area contributed by atoms with Crippen molar-refractivity contribution in [1.82, 2.24) is 9.80 Å². The normalized spacial score (nSPS) is 29.9. The number of likely N-dealkylation sites (tertiary alicyclic amines) is 2. The predicted molar refractivity (Wildman–Crippen MR) is 102 cm³/mol. The Morgan fingerprint density at radius 3 is 2.78 bits per heavy atom. The Morgan fingerprint density at radius 2 is 2.00 bits per heavy atom. The maximum absolute atomic E-state index is 13.2. The molecule has 2 amide bonds. The van der Waals surface area contributed by atoms with E-state index in [0.717, 1.165) is 38.8 Å². The zero-order valence-corrected chi connectivity index (χ0v) is 16.0. The van der Waals surface area contributed by atoms with Crippen LogP contribution >= 0.6 is 0 Å². The van der Waals surface area contributed by atoms with Crippen LogP contribution in [0.5, 0.6) is 5.75 Å². The van der Waals surface area contributed by atoms with Gasteiger partial charge >= 0.3 is 0 Å². The second kappa shape index (κ2) is 7.50. The Hall–Kier alpha value is -2.08. The Bertz CT molecular complexity index is 722. The Morgan fingerprint density at radius 1 is 1.19 bits per heavy atom. The number of nitrogens with zero attached hydrogens (tertiary/aromatic N) is 2. The lowest BCUT2D eigenvalue weighted by Crippen LogP contribution is -2.47. The van der Waals surface area contributed by atoms with Crippen molar-refractivity contribution in [3.63, 3.8) is 0 Å². The fraction of sp³-hybridized carbons (Fsp3) is 0.619. The SMILES string of the molecule is CCOc1ccccc1C(=O)N1CCCC1C(=O)N1CC2CCC(N)C2C1. The van der Waals surface area contributed by atoms with Gasteiger partial charge < -0.3 is 20.3 Å². The lowest BCUT2D eigenvalue weighted by Gasteiger charge is -2.29. The summed E-state index contributed by atoms with van der Waals surface area (Å²) < 4.78 is 5.62. The van der Waals surface area contributed by atoms with Crippen molar-refractivity contribution in [3.05, 3.63) is 29.8 Å². The first-order valence-corrected chi connectivity index (χ1v) is 10.2. The predicted octanol–water partition coefficient (Wildman–Crippen LogP) is 1.89. The van der Waals surface area contributed by atoms with Crippen LogP contribution in [0.4, 0.5) is 0 Å². The van der Waals surface area contributed by atoms with Gasteiger partial charge in [-0.05, 0) is 56.6 Å². The molecule has 4 rings (SSSR count). The molecule has 1 aliphatic carbocycles. The molecule has 6 nitrogen and oxygen atoms in total. The third-order valence-corrected chi connectivity index (χ3v) is 6.44. The zero-order chi connectivity index (χ0) is 19.0. The maximum atomic E-state index is 13.2. The lowest BCUT2D eigenvalue weighted by atomic mass is 9.98. The third kappa shape index (κ3) is 3.31. The van der Waals surface area contributed by atoms with Crippen molar-refractivity contribution < 1.29 is 14.3 Å². The van der Waals surface area contributed by atoms with E-state index in [2.05, 4.69) is 0 Å². The molecule has 2 heterocycles. The standard InChI is InChI=1S/C21H29N3O3/c1-2-27-19-8-4-3-6-15(19)20(25)24-11-5-7-18(24)21(26)23-12-14-9-10-17(22)16(14)13-23/h3-4,6,8,14,16-18H,2,5,7,9-13,22H2,1H3. The quantitative estimate of drug-likeness (QED) is 0.877. The highest BCUT2D eigenvalue weighted by molar-refractivity contribution is 6.00. The minimum atomic E-state index is -0.359. The molecule has 2 aliphatic heterocycles. The van der Waals surface area contributed by atoms with Crippen molar-refractivity contribution >= 4 is 11.8 Å². The lowest BCUT2D eigenvalue weighted by molar-refractivity contribution is -0.134. The molecule has 1 saturated carbocycles. The molecule has 0 aromatic heterocycles. The molecule has 4 atom stereocenters. The molecule has 6 heteroatoms. The van der Waals surface area contributed by atoms with Gasteiger partial charge in [-0.2, -0.15) is 0 Å². The van der Waals surface area contributed by atoms with E-state index in [1.54, 1.807) is 11.0 Å². The summed E-state index contributed by atoms with van der Waals surface area (Å²) >= 11 is 0. The summed E-state index contributed by atoms with van der Waals surface area (Å²) in [6.45, 7) is 4.57. The van der Waals surface area contributed by atoms with Gasteiger partial charge in [0.2, 0.25) is 5.91 Å². The smallest absolute Gasteiger partial charge is 0.258 e. The first kappa shape index (κ1) is 18.3. The molecule has 3 fully saturated rings. The molecule has 146 valence electrons. The van der Waals surface area contributed by atoms with E-state index in [4.69, 9.17) is 10.5 Å². The number of rotatable bonds is 4. The second-order valence-electron chi connectivity index (χ2n) is 7.99. The zero-order valence-electron chi connectivity index (χ0n) is 16.0. The first-order valence-electron chi connectivity index (χ1n) is 10.2. The van der Waals surface area contributed by atoms with Crippen LogP contribution in [0.25, 0.3) is 0 Å². The first-order chi connectivity index (χ1) is 13.1. The molecule has 0 spiro atoms. The molecule has 4 unspecified atom stereocenters. The summed E-state index contributed by atoms with van der Waals surface area (Å²) in [5.74, 6) is 1.54. The number of ether oxygens (including phenoxy) is 1. The summed E-state index contributed by atoms with van der Waals surface area (Å²) in [5.41, 5.74) is 6.76. The summed E-state index contributed by atoms with van der Waals surface area (Å²) in [5, 5.41) is 0. The minimum absolute atomic E-state index is 0.0938. The van der Waals surface area contributed by atoms with Gasteiger partial charge in [0.1, 0.15) is 11.8 Å². The highest BCUT2D eigenvalue weighted by atomic mass is 16.5. The fourth-order valence-corrected chi connectivity index (χ4v) is 5.04. The molecule has 1 aromatic rings. The van der Waals surface area contributed by atoms with Gasteiger partial charge in [-0.25, -0.2) is 0 Å². The molecule has 0 bridgehead atoms.